The summed E-state index contributed by atoms with van der Waals surface area (Å²) in [5, 5.41) is 1.88. The van der Waals surface area contributed by atoms with Gasteiger partial charge in [0.15, 0.2) is 5.76 Å². The van der Waals surface area contributed by atoms with Crippen molar-refractivity contribution in [2.75, 3.05) is 7.11 Å². The minimum Gasteiger partial charge on any atom is -0.497 e. The van der Waals surface area contributed by atoms with E-state index in [0.717, 1.165) is 38.8 Å². The second-order valence-electron chi connectivity index (χ2n) is 8.50. The van der Waals surface area contributed by atoms with E-state index >= 15 is 0 Å². The Hall–Kier alpha value is -4.57. The Labute approximate surface area is 202 Å². The van der Waals surface area contributed by atoms with E-state index in [-0.39, 0.29) is 5.78 Å². The lowest BCUT2D eigenvalue weighted by molar-refractivity contribution is 0.101. The van der Waals surface area contributed by atoms with Crippen molar-refractivity contribution in [2.24, 2.45) is 0 Å². The highest BCUT2D eigenvalue weighted by Crippen LogP contribution is 2.43. The lowest BCUT2D eigenvalue weighted by Crippen LogP contribution is -2.01. The Morgan fingerprint density at radius 2 is 1.34 bits per heavy atom. The van der Waals surface area contributed by atoms with Crippen LogP contribution < -0.4 is 4.74 Å². The van der Waals surface area contributed by atoms with Crippen molar-refractivity contribution >= 4 is 27.7 Å². The molecule has 0 saturated carbocycles. The maximum absolute atomic E-state index is 13.2. The number of hydrogen-bond acceptors (Lipinski definition) is 4. The van der Waals surface area contributed by atoms with E-state index in [4.69, 9.17) is 13.6 Å². The first kappa shape index (κ1) is 21.0. The smallest absolute Gasteiger partial charge is 0.228 e. The molecule has 0 N–H and O–H groups in total. The molecule has 0 saturated heterocycles. The zero-order valence-corrected chi connectivity index (χ0v) is 19.4. The Morgan fingerprint density at radius 1 is 0.714 bits per heavy atom. The van der Waals surface area contributed by atoms with Crippen LogP contribution in [0.4, 0.5) is 0 Å². The number of carbonyl (C=O) groups is 1. The van der Waals surface area contributed by atoms with Gasteiger partial charge < -0.3 is 13.6 Å². The molecule has 0 fully saturated rings. The van der Waals surface area contributed by atoms with Gasteiger partial charge in [0.1, 0.15) is 22.7 Å². The zero-order valence-electron chi connectivity index (χ0n) is 19.4. The van der Waals surface area contributed by atoms with Crippen LogP contribution in [0.5, 0.6) is 5.75 Å². The van der Waals surface area contributed by atoms with Crippen LogP contribution in [0.15, 0.2) is 106 Å². The van der Waals surface area contributed by atoms with E-state index < -0.39 is 0 Å². The number of rotatable bonds is 5. The van der Waals surface area contributed by atoms with Gasteiger partial charge in [-0.15, -0.1) is 0 Å². The Bertz CT molecular complexity index is 1670. The number of fused-ring (bicyclic) bond motifs is 2. The van der Waals surface area contributed by atoms with Crippen molar-refractivity contribution in [1.82, 2.24) is 0 Å². The summed E-state index contributed by atoms with van der Waals surface area (Å²) in [5.74, 6) is 1.69. The second kappa shape index (κ2) is 8.33. The summed E-state index contributed by atoms with van der Waals surface area (Å²) in [6.45, 7) is 1.93. The summed E-state index contributed by atoms with van der Waals surface area (Å²) >= 11 is 0. The molecule has 0 atom stereocenters. The highest BCUT2D eigenvalue weighted by atomic mass is 16.5. The van der Waals surface area contributed by atoms with Crippen LogP contribution in [-0.2, 0) is 0 Å². The maximum atomic E-state index is 13.2. The monoisotopic (exact) mass is 458 g/mol. The number of aryl methyl sites for hydroxylation is 1. The van der Waals surface area contributed by atoms with Gasteiger partial charge in [-0.1, -0.05) is 60.7 Å². The lowest BCUT2D eigenvalue weighted by Gasteiger charge is -2.04. The third kappa shape index (κ3) is 3.51. The van der Waals surface area contributed by atoms with Crippen molar-refractivity contribution in [3.63, 3.8) is 0 Å². The van der Waals surface area contributed by atoms with Gasteiger partial charge in [-0.25, -0.2) is 0 Å². The van der Waals surface area contributed by atoms with Crippen molar-refractivity contribution < 1.29 is 18.4 Å². The number of ketones is 1. The number of ether oxygens (including phenoxy) is 1. The molecule has 0 aliphatic rings. The maximum Gasteiger partial charge on any atom is 0.228 e. The fourth-order valence-electron chi connectivity index (χ4n) is 4.58. The molecule has 0 amide bonds. The van der Waals surface area contributed by atoms with Gasteiger partial charge >= 0.3 is 0 Å². The fourth-order valence-corrected chi connectivity index (χ4v) is 4.58. The highest BCUT2D eigenvalue weighted by molar-refractivity contribution is 6.13. The molecule has 0 unspecified atom stereocenters. The van der Waals surface area contributed by atoms with Crippen LogP contribution in [0.3, 0.4) is 0 Å². The van der Waals surface area contributed by atoms with E-state index in [1.807, 2.05) is 61.5 Å². The summed E-state index contributed by atoms with van der Waals surface area (Å²) in [5.41, 5.74) is 5.80. The molecular weight excluding hydrogens is 436 g/mol. The minimum absolute atomic E-state index is 0.161. The van der Waals surface area contributed by atoms with Gasteiger partial charge in [-0.05, 0) is 42.8 Å². The molecule has 0 spiro atoms. The molecule has 2 heterocycles. The largest absolute Gasteiger partial charge is 0.497 e. The zero-order chi connectivity index (χ0) is 23.9. The van der Waals surface area contributed by atoms with E-state index in [9.17, 15) is 4.79 Å². The predicted octanol–water partition coefficient (Wildman–Crippen LogP) is 8.06. The van der Waals surface area contributed by atoms with Crippen LogP contribution in [0.25, 0.3) is 44.4 Å². The molecule has 6 rings (SSSR count). The lowest BCUT2D eigenvalue weighted by atomic mass is 9.97. The van der Waals surface area contributed by atoms with Gasteiger partial charge in [-0.3, -0.25) is 4.79 Å². The summed E-state index contributed by atoms with van der Waals surface area (Å²) in [6, 6.07) is 31.3. The molecule has 35 heavy (non-hydrogen) atoms. The first-order valence-corrected chi connectivity index (χ1v) is 11.4. The van der Waals surface area contributed by atoms with E-state index in [0.29, 0.717) is 28.2 Å². The van der Waals surface area contributed by atoms with Crippen molar-refractivity contribution in [3.8, 4) is 28.2 Å². The second-order valence-corrected chi connectivity index (χ2v) is 8.50. The van der Waals surface area contributed by atoms with Crippen LogP contribution in [0.2, 0.25) is 0 Å². The molecule has 170 valence electrons. The summed E-state index contributed by atoms with van der Waals surface area (Å²) in [6.07, 6.45) is 0. The first-order chi connectivity index (χ1) is 17.1. The number of carbonyl (C=O) groups excluding carboxylic acids is 1. The molecular formula is C31H22O4. The van der Waals surface area contributed by atoms with Crippen LogP contribution in [0.1, 0.15) is 21.7 Å². The van der Waals surface area contributed by atoms with Crippen molar-refractivity contribution in [2.45, 2.75) is 6.92 Å². The van der Waals surface area contributed by atoms with Gasteiger partial charge in [-0.2, -0.15) is 0 Å². The van der Waals surface area contributed by atoms with Crippen LogP contribution >= 0.6 is 0 Å². The Kier molecular flexibility index (Phi) is 5.00. The third-order valence-electron chi connectivity index (χ3n) is 6.40. The molecule has 4 nitrogen and oxygen atoms in total. The molecule has 0 aliphatic heterocycles. The first-order valence-electron chi connectivity index (χ1n) is 11.4. The Morgan fingerprint density at radius 3 is 2.00 bits per heavy atom. The molecule has 0 aliphatic carbocycles. The number of methoxy groups -OCH3 is 1. The highest BCUT2D eigenvalue weighted by Gasteiger charge is 2.23. The average molecular weight is 459 g/mol. The van der Waals surface area contributed by atoms with Gasteiger partial charge in [0.2, 0.25) is 5.78 Å². The fraction of sp³-hybridized carbons (Fsp3) is 0.0645. The molecule has 0 bridgehead atoms. The van der Waals surface area contributed by atoms with Crippen molar-refractivity contribution in [3.05, 3.63) is 114 Å². The SMILES string of the molecule is COc1ccc(C(=O)c2oc3cc4oc(-c5ccccc5)c(-c5ccccc5)c4cc3c2C)cc1. The molecule has 0 radical (unpaired) electrons. The molecule has 6 aromatic rings. The van der Waals surface area contributed by atoms with Crippen LogP contribution in [0, 0.1) is 6.92 Å². The Balaban J connectivity index is 1.55. The number of hydrogen-bond donors (Lipinski definition) is 0. The average Bonchev–Trinajstić information content (AvgIpc) is 3.45. The molecule has 2 aromatic heterocycles. The van der Waals surface area contributed by atoms with E-state index in [2.05, 4.69) is 18.2 Å². The summed E-state index contributed by atoms with van der Waals surface area (Å²) in [7, 11) is 1.60. The third-order valence-corrected chi connectivity index (χ3v) is 6.40. The van der Waals surface area contributed by atoms with Gasteiger partial charge in [0.05, 0.1) is 7.11 Å². The molecule has 4 aromatic carbocycles. The van der Waals surface area contributed by atoms with E-state index in [1.54, 1.807) is 31.4 Å². The summed E-state index contributed by atoms with van der Waals surface area (Å²) < 4.78 is 17.7. The normalized spacial score (nSPS) is 11.3. The number of furan rings is 2. The van der Waals surface area contributed by atoms with Crippen molar-refractivity contribution in [1.29, 1.82) is 0 Å². The molecule has 4 heteroatoms. The van der Waals surface area contributed by atoms with E-state index in [1.165, 1.54) is 0 Å². The predicted molar refractivity (Wildman–Crippen MR) is 138 cm³/mol. The summed E-state index contributed by atoms with van der Waals surface area (Å²) in [4.78, 5) is 13.2. The minimum atomic E-state index is -0.161. The standard InChI is InChI=1S/C31H22O4/c1-19-24-17-25-27(18-26(24)34-30(19)29(32)21-13-15-23(33-2)16-14-21)35-31(22-11-7-4-8-12-22)28(25)20-9-5-3-6-10-20/h3-18H,1-2H3. The number of benzene rings is 4. The van der Waals surface area contributed by atoms with Gasteiger partial charge in [0, 0.05) is 39.1 Å². The topological polar surface area (TPSA) is 52.6 Å². The quantitative estimate of drug-likeness (QED) is 0.245. The van der Waals surface area contributed by atoms with Gasteiger partial charge in [0.25, 0.3) is 0 Å². The van der Waals surface area contributed by atoms with Crippen LogP contribution in [-0.4, -0.2) is 12.9 Å².